The molecule has 0 saturated carbocycles. The third-order valence-corrected chi connectivity index (χ3v) is 20.7. The Morgan fingerprint density at radius 3 is 0.623 bits per heavy atom. The number of benzene rings is 17. The lowest BCUT2D eigenvalue weighted by Crippen LogP contribution is -2.00. The molecule has 19 aromatic rings. The molecule has 114 heavy (non-hydrogen) atoms. The van der Waals surface area contributed by atoms with Gasteiger partial charge in [0, 0.05) is 33.4 Å². The fourth-order valence-corrected chi connectivity index (χ4v) is 15.0. The highest BCUT2D eigenvalue weighted by atomic mass is 15.0. The van der Waals surface area contributed by atoms with E-state index in [2.05, 4.69) is 388 Å². The molecule has 0 atom stereocenters. The van der Waals surface area contributed by atoms with E-state index in [0.29, 0.717) is 34.9 Å². The van der Waals surface area contributed by atoms with Crippen LogP contribution in [0, 0.1) is 0 Å². The maximum absolute atomic E-state index is 5.09. The molecular formula is C108H74N6. The Morgan fingerprint density at radius 2 is 0.307 bits per heavy atom. The van der Waals surface area contributed by atoms with Crippen LogP contribution >= 0.6 is 0 Å². The summed E-state index contributed by atoms with van der Waals surface area (Å²) in [6.45, 7) is 0. The quantitative estimate of drug-likeness (QED) is 0.0846. The summed E-state index contributed by atoms with van der Waals surface area (Å²) in [4.78, 5) is 29.9. The van der Waals surface area contributed by atoms with Crippen molar-refractivity contribution in [3.8, 4) is 102 Å². The topological polar surface area (TPSA) is 77.3 Å². The lowest BCUT2D eigenvalue weighted by atomic mass is 9.85. The minimum absolute atomic E-state index is 0.631. The van der Waals surface area contributed by atoms with Crippen LogP contribution in [0.1, 0.15) is 44.5 Å². The fourth-order valence-electron chi connectivity index (χ4n) is 15.0. The average Bonchev–Trinajstić information content (AvgIpc) is 0.791. The molecule has 19 rings (SSSR count). The third-order valence-electron chi connectivity index (χ3n) is 20.7. The monoisotopic (exact) mass is 1450 g/mol. The van der Waals surface area contributed by atoms with Crippen LogP contribution in [-0.4, -0.2) is 29.9 Å². The molecule has 0 aliphatic carbocycles. The fraction of sp³-hybridized carbons (Fsp3) is 0. The van der Waals surface area contributed by atoms with Crippen molar-refractivity contribution in [2.45, 2.75) is 0 Å². The van der Waals surface area contributed by atoms with E-state index in [4.69, 9.17) is 29.9 Å². The van der Waals surface area contributed by atoms with Crippen LogP contribution in [0.25, 0.3) is 146 Å². The average molecular weight is 1460 g/mol. The molecule has 0 aliphatic heterocycles. The number of fused-ring (bicyclic) bond motifs is 2. The Hall–Kier alpha value is -15.2. The van der Waals surface area contributed by atoms with Crippen molar-refractivity contribution in [2.75, 3.05) is 0 Å². The molecule has 6 heteroatoms. The second kappa shape index (κ2) is 32.9. The number of nitrogens with zero attached hydrogens (tertiary/aromatic N) is 6. The molecular weight excluding hydrogens is 1380 g/mol. The van der Waals surface area contributed by atoms with E-state index in [9.17, 15) is 0 Å². The van der Waals surface area contributed by atoms with Gasteiger partial charge in [0.15, 0.2) is 34.9 Å². The van der Waals surface area contributed by atoms with Gasteiger partial charge in [0.2, 0.25) is 0 Å². The maximum atomic E-state index is 5.09. The summed E-state index contributed by atoms with van der Waals surface area (Å²) in [6, 6.07) is 158. The first-order valence-corrected chi connectivity index (χ1v) is 38.5. The second-order valence-corrected chi connectivity index (χ2v) is 28.1. The maximum Gasteiger partial charge on any atom is 0.164 e. The minimum atomic E-state index is 0.631. The number of aromatic nitrogens is 6. The Balaban J connectivity index is 0.000000159. The van der Waals surface area contributed by atoms with Gasteiger partial charge in [0.25, 0.3) is 0 Å². The van der Waals surface area contributed by atoms with E-state index in [1.54, 1.807) is 0 Å². The zero-order valence-corrected chi connectivity index (χ0v) is 62.4. The Morgan fingerprint density at radius 1 is 0.114 bits per heavy atom. The van der Waals surface area contributed by atoms with E-state index < -0.39 is 0 Å². The molecule has 0 unspecified atom stereocenters. The second-order valence-electron chi connectivity index (χ2n) is 28.1. The van der Waals surface area contributed by atoms with Crippen LogP contribution in [0.5, 0.6) is 0 Å². The summed E-state index contributed by atoms with van der Waals surface area (Å²) in [5, 5.41) is 4.65. The van der Waals surface area contributed by atoms with Gasteiger partial charge in [-0.25, -0.2) is 29.9 Å². The highest BCUT2D eigenvalue weighted by Gasteiger charge is 2.21. The zero-order chi connectivity index (χ0) is 76.2. The summed E-state index contributed by atoms with van der Waals surface area (Å²) in [7, 11) is 0. The molecule has 0 bridgehead atoms. The normalized spacial score (nSPS) is 11.0. The predicted octanol–water partition coefficient (Wildman–Crippen LogP) is 27.1. The van der Waals surface area contributed by atoms with Gasteiger partial charge in [-0.2, -0.15) is 0 Å². The molecule has 536 valence electrons. The molecule has 17 aromatic carbocycles. The van der Waals surface area contributed by atoms with Crippen LogP contribution in [0.4, 0.5) is 0 Å². The van der Waals surface area contributed by atoms with Gasteiger partial charge in [-0.15, -0.1) is 0 Å². The van der Waals surface area contributed by atoms with Gasteiger partial charge < -0.3 is 0 Å². The standard InChI is InChI=1S/C55H37N3.C53H37N3/c1-4-17-41(18-5-1)51(42-19-6-2-7-20-42)52(43-21-8-3-9-22-43)48-26-14-25-47(35-48)40-27-31-44(32-28-40)53-56-54(49-33-29-38-15-10-12-23-45(38)36-49)58-55(57-53)50-34-30-39-16-11-13-24-46(39)37-50;1-6-18-39(19-7-1)49(40-20-8-2-9-21-40)50(41-22-10-3-11-23-41)48-31-17-30-47(37-48)46-29-16-28-45(36-46)38-32-34-44(35-33-38)53-55-51(42-24-12-4-13-25-42)54-52(56-53)43-26-14-5-15-27-43/h1-37H;1-37H. The van der Waals surface area contributed by atoms with E-state index >= 15 is 0 Å². The molecule has 0 fully saturated rings. The molecule has 0 N–H and O–H groups in total. The number of hydrogen-bond acceptors (Lipinski definition) is 6. The van der Waals surface area contributed by atoms with Crippen molar-refractivity contribution in [3.05, 3.63) is 493 Å². The SMILES string of the molecule is c1ccc(C(=C(c2ccccc2)c2cccc(-c3ccc(-c4nc(-c5ccc6ccccc6c5)nc(-c5ccc6ccccc6c5)n4)cc3)c2)c2ccccc2)cc1.c1ccc(C(=C(c2ccccc2)c2cccc(-c3cccc(-c4ccc(-c5nc(-c6ccccc6)nc(-c6ccccc6)n5)cc4)c3)c2)c2ccccc2)cc1. The Kier molecular flexibility index (Phi) is 20.3. The molecule has 0 aliphatic rings. The predicted molar refractivity (Wildman–Crippen MR) is 472 cm³/mol. The van der Waals surface area contributed by atoms with Crippen LogP contribution < -0.4 is 0 Å². The summed E-state index contributed by atoms with van der Waals surface area (Å²) in [6.07, 6.45) is 0. The van der Waals surface area contributed by atoms with Crippen LogP contribution in [0.3, 0.4) is 0 Å². The number of hydrogen-bond donors (Lipinski definition) is 0. The van der Waals surface area contributed by atoms with E-state index in [1.807, 2.05) is 60.7 Å². The minimum Gasteiger partial charge on any atom is -0.208 e. The van der Waals surface area contributed by atoms with Crippen molar-refractivity contribution in [1.82, 2.24) is 29.9 Å². The van der Waals surface area contributed by atoms with E-state index in [1.165, 1.54) is 60.9 Å². The Labute approximate surface area is 664 Å². The van der Waals surface area contributed by atoms with Gasteiger partial charge in [0.1, 0.15) is 0 Å². The first-order valence-electron chi connectivity index (χ1n) is 38.5. The van der Waals surface area contributed by atoms with Gasteiger partial charge in [0.05, 0.1) is 0 Å². The summed E-state index contributed by atoms with van der Waals surface area (Å²) in [5.41, 5.74) is 26.6. The lowest BCUT2D eigenvalue weighted by Gasteiger charge is -2.19. The van der Waals surface area contributed by atoms with Crippen molar-refractivity contribution in [3.63, 3.8) is 0 Å². The lowest BCUT2D eigenvalue weighted by molar-refractivity contribution is 1.07. The van der Waals surface area contributed by atoms with Gasteiger partial charge >= 0.3 is 0 Å². The van der Waals surface area contributed by atoms with Crippen LogP contribution in [0.15, 0.2) is 449 Å². The molecule has 0 amide bonds. The molecule has 6 nitrogen and oxygen atoms in total. The van der Waals surface area contributed by atoms with Gasteiger partial charge in [-0.05, 0) is 152 Å². The third kappa shape index (κ3) is 15.6. The smallest absolute Gasteiger partial charge is 0.164 e. The summed E-state index contributed by atoms with van der Waals surface area (Å²) < 4.78 is 0. The Bertz CT molecular complexity index is 6400. The van der Waals surface area contributed by atoms with Crippen LogP contribution in [0.2, 0.25) is 0 Å². The molecule has 0 saturated heterocycles. The van der Waals surface area contributed by atoms with Crippen molar-refractivity contribution in [2.24, 2.45) is 0 Å². The number of rotatable bonds is 17. The molecule has 2 aromatic heterocycles. The van der Waals surface area contributed by atoms with Gasteiger partial charge in [-0.1, -0.05) is 419 Å². The summed E-state index contributed by atoms with van der Waals surface area (Å²) >= 11 is 0. The van der Waals surface area contributed by atoms with Gasteiger partial charge in [-0.3, -0.25) is 0 Å². The summed E-state index contributed by atoms with van der Waals surface area (Å²) in [5.74, 6) is 3.86. The van der Waals surface area contributed by atoms with Crippen molar-refractivity contribution < 1.29 is 0 Å². The van der Waals surface area contributed by atoms with Crippen LogP contribution in [-0.2, 0) is 0 Å². The molecule has 0 spiro atoms. The highest BCUT2D eigenvalue weighted by molar-refractivity contribution is 6.06. The molecule has 0 radical (unpaired) electrons. The van der Waals surface area contributed by atoms with E-state index in [-0.39, 0.29) is 0 Å². The first kappa shape index (κ1) is 70.4. The van der Waals surface area contributed by atoms with Crippen molar-refractivity contribution in [1.29, 1.82) is 0 Å². The molecule has 2 heterocycles. The highest BCUT2D eigenvalue weighted by Crippen LogP contribution is 2.42. The van der Waals surface area contributed by atoms with Crippen molar-refractivity contribution >= 4 is 43.8 Å². The zero-order valence-electron chi connectivity index (χ0n) is 62.4. The largest absolute Gasteiger partial charge is 0.208 e. The first-order chi connectivity index (χ1) is 56.5. The van der Waals surface area contributed by atoms with E-state index in [0.717, 1.165) is 94.2 Å².